The molecule has 3 aromatic rings. The Hall–Kier alpha value is -2.76. The number of anilines is 2. The van der Waals surface area contributed by atoms with E-state index in [4.69, 9.17) is 16.3 Å². The molecular formula is C19H21ClN6O4S. The summed E-state index contributed by atoms with van der Waals surface area (Å²) < 4.78 is 30.6. The second kappa shape index (κ2) is 8.77. The van der Waals surface area contributed by atoms with E-state index in [0.29, 0.717) is 53.9 Å². The molecule has 1 N–H and O–H groups in total. The standard InChI is InChI=1S/C19H21ClN6O4S/c1-31(28,29)12-26-16-10-15(19(27)25-5-2-7-30-8-6-25)22-11-14(16)18(24-26)23-17-9-13(20)3-4-21-17/h3-4,9-11H,2,5-8,12H2,1H3,(H,21,23,24). The maximum absolute atomic E-state index is 12.9. The number of carbonyl (C=O) groups excluding carboxylic acids is 1. The third kappa shape index (κ3) is 5.12. The minimum absolute atomic E-state index is 0.219. The van der Waals surface area contributed by atoms with E-state index in [0.717, 1.165) is 12.7 Å². The number of amides is 1. The van der Waals surface area contributed by atoms with E-state index in [1.807, 2.05) is 0 Å². The average molecular weight is 465 g/mol. The van der Waals surface area contributed by atoms with E-state index < -0.39 is 9.84 Å². The van der Waals surface area contributed by atoms with Gasteiger partial charge in [-0.2, -0.15) is 5.10 Å². The van der Waals surface area contributed by atoms with Gasteiger partial charge in [0.15, 0.2) is 15.7 Å². The van der Waals surface area contributed by atoms with Gasteiger partial charge in [-0.05, 0) is 24.6 Å². The lowest BCUT2D eigenvalue weighted by Crippen LogP contribution is -2.33. The number of halogens is 1. The highest BCUT2D eigenvalue weighted by molar-refractivity contribution is 7.89. The summed E-state index contributed by atoms with van der Waals surface area (Å²) in [5.74, 6) is 0.236. The monoisotopic (exact) mass is 464 g/mol. The molecule has 0 radical (unpaired) electrons. The van der Waals surface area contributed by atoms with E-state index in [-0.39, 0.29) is 17.5 Å². The van der Waals surface area contributed by atoms with Crippen LogP contribution in [0.3, 0.4) is 0 Å². The van der Waals surface area contributed by atoms with Crippen LogP contribution in [-0.4, -0.2) is 71.5 Å². The van der Waals surface area contributed by atoms with Crippen molar-refractivity contribution >= 4 is 49.9 Å². The Morgan fingerprint density at radius 3 is 2.87 bits per heavy atom. The highest BCUT2D eigenvalue weighted by Crippen LogP contribution is 2.27. The van der Waals surface area contributed by atoms with E-state index in [2.05, 4.69) is 20.4 Å². The minimum Gasteiger partial charge on any atom is -0.380 e. The summed E-state index contributed by atoms with van der Waals surface area (Å²) in [6, 6.07) is 4.83. The number of nitrogens with zero attached hydrogens (tertiary/aromatic N) is 5. The highest BCUT2D eigenvalue weighted by Gasteiger charge is 2.22. The molecule has 12 heteroatoms. The van der Waals surface area contributed by atoms with Gasteiger partial charge >= 0.3 is 0 Å². The number of aromatic nitrogens is 4. The fourth-order valence-electron chi connectivity index (χ4n) is 3.30. The quantitative estimate of drug-likeness (QED) is 0.609. The van der Waals surface area contributed by atoms with Gasteiger partial charge in [0.2, 0.25) is 0 Å². The van der Waals surface area contributed by atoms with Crippen LogP contribution in [0.4, 0.5) is 11.6 Å². The lowest BCUT2D eigenvalue weighted by atomic mass is 10.2. The van der Waals surface area contributed by atoms with Gasteiger partial charge in [0.25, 0.3) is 5.91 Å². The number of nitrogens with one attached hydrogen (secondary N) is 1. The third-order valence-corrected chi connectivity index (χ3v) is 5.64. The van der Waals surface area contributed by atoms with Crippen LogP contribution in [0.25, 0.3) is 10.9 Å². The molecular weight excluding hydrogens is 444 g/mol. The molecule has 1 amide bonds. The lowest BCUT2D eigenvalue weighted by Gasteiger charge is -2.19. The Kier molecular flexibility index (Phi) is 6.08. The third-order valence-electron chi connectivity index (χ3n) is 4.69. The topological polar surface area (TPSA) is 119 Å². The van der Waals surface area contributed by atoms with Gasteiger partial charge in [-0.25, -0.2) is 18.1 Å². The van der Waals surface area contributed by atoms with Crippen molar-refractivity contribution in [2.45, 2.75) is 12.3 Å². The summed E-state index contributed by atoms with van der Waals surface area (Å²) in [6.45, 7) is 2.15. The number of hydrogen-bond acceptors (Lipinski definition) is 8. The van der Waals surface area contributed by atoms with Gasteiger partial charge in [-0.1, -0.05) is 11.6 Å². The summed E-state index contributed by atoms with van der Waals surface area (Å²) >= 11 is 6.01. The molecule has 4 heterocycles. The first-order valence-electron chi connectivity index (χ1n) is 9.60. The van der Waals surface area contributed by atoms with Gasteiger partial charge in [-0.3, -0.25) is 9.78 Å². The van der Waals surface area contributed by atoms with Crippen LogP contribution >= 0.6 is 11.6 Å². The molecule has 0 atom stereocenters. The molecule has 0 unspecified atom stereocenters. The van der Waals surface area contributed by atoms with Crippen molar-refractivity contribution in [1.29, 1.82) is 0 Å². The average Bonchev–Trinajstić information content (AvgIpc) is 2.89. The van der Waals surface area contributed by atoms with Crippen molar-refractivity contribution in [3.05, 3.63) is 41.3 Å². The van der Waals surface area contributed by atoms with Crippen molar-refractivity contribution in [2.24, 2.45) is 0 Å². The summed E-state index contributed by atoms with van der Waals surface area (Å²) in [5.41, 5.74) is 0.691. The van der Waals surface area contributed by atoms with Gasteiger partial charge in [0.05, 0.1) is 17.5 Å². The smallest absolute Gasteiger partial charge is 0.272 e. The first kappa shape index (κ1) is 21.5. The second-order valence-corrected chi connectivity index (χ2v) is 9.78. The van der Waals surface area contributed by atoms with E-state index in [1.54, 1.807) is 29.3 Å². The summed E-state index contributed by atoms with van der Waals surface area (Å²) in [5, 5.41) is 8.47. The predicted molar refractivity (Wildman–Crippen MR) is 116 cm³/mol. The molecule has 0 bridgehead atoms. The molecule has 0 saturated carbocycles. The SMILES string of the molecule is CS(=O)(=O)Cn1nc(Nc2cc(Cl)ccn2)c2cnc(C(=O)N3CCCOCC3)cc21. The highest BCUT2D eigenvalue weighted by atomic mass is 35.5. The Bertz CT molecular complexity index is 1220. The lowest BCUT2D eigenvalue weighted by molar-refractivity contribution is 0.0735. The van der Waals surface area contributed by atoms with Crippen LogP contribution in [0.1, 0.15) is 16.9 Å². The number of hydrogen-bond donors (Lipinski definition) is 1. The molecule has 164 valence electrons. The molecule has 31 heavy (non-hydrogen) atoms. The maximum atomic E-state index is 12.9. The fraction of sp³-hybridized carbons (Fsp3) is 0.368. The maximum Gasteiger partial charge on any atom is 0.272 e. The Labute approximate surface area is 184 Å². The first-order valence-corrected chi connectivity index (χ1v) is 12.0. The predicted octanol–water partition coefficient (Wildman–Crippen LogP) is 2.09. The van der Waals surface area contributed by atoms with Crippen molar-refractivity contribution in [2.75, 3.05) is 37.9 Å². The first-order chi connectivity index (χ1) is 14.8. The molecule has 0 aliphatic carbocycles. The van der Waals surface area contributed by atoms with E-state index in [9.17, 15) is 13.2 Å². The Balaban J connectivity index is 1.73. The van der Waals surface area contributed by atoms with Gasteiger partial charge < -0.3 is 15.0 Å². The Morgan fingerprint density at radius 2 is 2.10 bits per heavy atom. The Morgan fingerprint density at radius 1 is 1.26 bits per heavy atom. The van der Waals surface area contributed by atoms with Crippen LogP contribution in [0, 0.1) is 0 Å². The zero-order valence-electron chi connectivity index (χ0n) is 16.8. The molecule has 0 spiro atoms. The van der Waals surface area contributed by atoms with Crippen LogP contribution in [-0.2, 0) is 20.5 Å². The van der Waals surface area contributed by atoms with Gasteiger partial charge in [0.1, 0.15) is 17.4 Å². The summed E-state index contributed by atoms with van der Waals surface area (Å²) in [7, 11) is -3.39. The van der Waals surface area contributed by atoms with Crippen LogP contribution in [0.5, 0.6) is 0 Å². The van der Waals surface area contributed by atoms with Crippen molar-refractivity contribution in [1.82, 2.24) is 24.6 Å². The van der Waals surface area contributed by atoms with Gasteiger partial charge in [-0.15, -0.1) is 0 Å². The summed E-state index contributed by atoms with van der Waals surface area (Å²) in [6.07, 6.45) is 4.92. The molecule has 0 aromatic carbocycles. The normalized spacial score (nSPS) is 15.1. The molecule has 4 rings (SSSR count). The number of ether oxygens (including phenoxy) is 1. The van der Waals surface area contributed by atoms with Crippen molar-refractivity contribution < 1.29 is 17.9 Å². The van der Waals surface area contributed by atoms with Crippen LogP contribution in [0.15, 0.2) is 30.6 Å². The molecule has 1 fully saturated rings. The number of fused-ring (bicyclic) bond motifs is 1. The van der Waals surface area contributed by atoms with Gasteiger partial charge in [0, 0.05) is 43.4 Å². The van der Waals surface area contributed by atoms with E-state index in [1.165, 1.54) is 10.9 Å². The van der Waals surface area contributed by atoms with Crippen LogP contribution in [0.2, 0.25) is 5.02 Å². The zero-order chi connectivity index (χ0) is 22.0. The van der Waals surface area contributed by atoms with E-state index >= 15 is 0 Å². The molecule has 3 aromatic heterocycles. The minimum atomic E-state index is -3.39. The summed E-state index contributed by atoms with van der Waals surface area (Å²) in [4.78, 5) is 23.1. The zero-order valence-corrected chi connectivity index (χ0v) is 18.4. The molecule has 10 nitrogen and oxygen atoms in total. The molecule has 1 aliphatic heterocycles. The number of sulfone groups is 1. The second-order valence-electron chi connectivity index (χ2n) is 7.23. The number of carbonyl (C=O) groups is 1. The van der Waals surface area contributed by atoms with Crippen molar-refractivity contribution in [3.8, 4) is 0 Å². The number of rotatable bonds is 5. The number of pyridine rings is 2. The van der Waals surface area contributed by atoms with Crippen LogP contribution < -0.4 is 5.32 Å². The largest absolute Gasteiger partial charge is 0.380 e. The fourth-order valence-corrected chi connectivity index (χ4v) is 4.11. The molecule has 1 saturated heterocycles. The molecule has 1 aliphatic rings. The van der Waals surface area contributed by atoms with Crippen molar-refractivity contribution in [3.63, 3.8) is 0 Å².